The molecule has 1 heterocycles. The number of nitrogens with zero attached hydrogens (tertiary/aromatic N) is 4. The van der Waals surface area contributed by atoms with E-state index in [1.54, 1.807) is 0 Å². The summed E-state index contributed by atoms with van der Waals surface area (Å²) in [6.45, 7) is 3.01. The minimum atomic E-state index is 0.0922. The first kappa shape index (κ1) is 18.8. The fourth-order valence-corrected chi connectivity index (χ4v) is 3.30. The van der Waals surface area contributed by atoms with Crippen LogP contribution in [0.2, 0.25) is 0 Å². The first-order chi connectivity index (χ1) is 13.2. The van der Waals surface area contributed by atoms with E-state index in [9.17, 15) is 4.79 Å². The molecule has 0 aliphatic carbocycles. The fourth-order valence-electron chi connectivity index (χ4n) is 2.96. The van der Waals surface area contributed by atoms with Gasteiger partial charge in [0.25, 0.3) is 5.91 Å². The van der Waals surface area contributed by atoms with E-state index < -0.39 is 0 Å². The Bertz CT molecular complexity index is 837. The number of hydrogen-bond acceptors (Lipinski definition) is 5. The minimum Gasteiger partial charge on any atom is -0.368 e. The molecule has 1 aliphatic heterocycles. The maximum atomic E-state index is 12.5. The van der Waals surface area contributed by atoms with Crippen LogP contribution in [-0.4, -0.2) is 48.4 Å². The van der Waals surface area contributed by atoms with Gasteiger partial charge in [0.2, 0.25) is 0 Å². The van der Waals surface area contributed by atoms with Gasteiger partial charge in [-0.1, -0.05) is 30.0 Å². The molecule has 0 spiro atoms. The maximum Gasteiger partial charge on any atom is 0.253 e. The van der Waals surface area contributed by atoms with Crippen molar-refractivity contribution in [3.05, 3.63) is 60.2 Å². The van der Waals surface area contributed by atoms with Gasteiger partial charge < -0.3 is 9.80 Å². The van der Waals surface area contributed by atoms with Crippen LogP contribution in [0.25, 0.3) is 0 Å². The van der Waals surface area contributed by atoms with Gasteiger partial charge in [-0.15, -0.1) is 0 Å². The molecular formula is C20H21N5OS. The summed E-state index contributed by atoms with van der Waals surface area (Å²) in [5.41, 5.74) is 2.65. The lowest BCUT2D eigenvalue weighted by Gasteiger charge is -2.36. The lowest BCUT2D eigenvalue weighted by molar-refractivity contribution is 0.0747. The van der Waals surface area contributed by atoms with Crippen molar-refractivity contribution in [1.29, 1.82) is 5.26 Å². The van der Waals surface area contributed by atoms with Crippen LogP contribution in [0.3, 0.4) is 0 Å². The van der Waals surface area contributed by atoms with Gasteiger partial charge in [-0.3, -0.25) is 10.1 Å². The highest BCUT2D eigenvalue weighted by Gasteiger charge is 2.22. The van der Waals surface area contributed by atoms with Crippen molar-refractivity contribution < 1.29 is 4.79 Å². The number of carbonyl (C=O) groups excluding carboxylic acids is 1. The number of benzene rings is 2. The zero-order valence-electron chi connectivity index (χ0n) is 15.1. The quantitative estimate of drug-likeness (QED) is 0.384. The Hall–Kier alpha value is -2.98. The van der Waals surface area contributed by atoms with E-state index in [4.69, 9.17) is 5.26 Å². The average molecular weight is 379 g/mol. The highest BCUT2D eigenvalue weighted by molar-refractivity contribution is 8.13. The first-order valence-electron chi connectivity index (χ1n) is 8.68. The molecule has 0 unspecified atom stereocenters. The summed E-state index contributed by atoms with van der Waals surface area (Å²) < 4.78 is 0. The normalized spacial score (nSPS) is 14.6. The van der Waals surface area contributed by atoms with Gasteiger partial charge in [0.05, 0.1) is 5.69 Å². The molecule has 0 saturated carbocycles. The molecular weight excluding hydrogens is 358 g/mol. The molecule has 0 radical (unpaired) electrons. The molecule has 1 N–H and O–H groups in total. The van der Waals surface area contributed by atoms with E-state index >= 15 is 0 Å². The molecule has 2 aromatic rings. The maximum absolute atomic E-state index is 12.5. The van der Waals surface area contributed by atoms with Crippen LogP contribution in [0.1, 0.15) is 10.4 Å². The number of aliphatic imine (C=N–C) groups is 1. The molecule has 1 saturated heterocycles. The smallest absolute Gasteiger partial charge is 0.253 e. The predicted molar refractivity (Wildman–Crippen MR) is 110 cm³/mol. The molecule has 0 atom stereocenters. The standard InChI is InChI=1S/C20H21N5OS/c1-27-20(22-15-21)23-17-7-9-18(10-8-17)24-11-13-25(14-12-24)19(26)16-5-3-2-4-6-16/h2-10H,11-14H2,1H3,(H,22,23). The van der Waals surface area contributed by atoms with Crippen molar-refractivity contribution in [3.63, 3.8) is 0 Å². The van der Waals surface area contributed by atoms with E-state index in [0.29, 0.717) is 18.3 Å². The Morgan fingerprint density at radius 1 is 1.07 bits per heavy atom. The summed E-state index contributed by atoms with van der Waals surface area (Å²) in [6, 6.07) is 17.3. The van der Waals surface area contributed by atoms with Crippen molar-refractivity contribution in [2.45, 2.75) is 0 Å². The summed E-state index contributed by atoms with van der Waals surface area (Å²) in [7, 11) is 0. The van der Waals surface area contributed by atoms with Crippen LogP contribution in [0.5, 0.6) is 0 Å². The van der Waals surface area contributed by atoms with E-state index in [-0.39, 0.29) is 5.91 Å². The molecule has 27 heavy (non-hydrogen) atoms. The van der Waals surface area contributed by atoms with Gasteiger partial charge >= 0.3 is 0 Å². The van der Waals surface area contributed by atoms with E-state index in [1.165, 1.54) is 11.8 Å². The number of amides is 1. The van der Waals surface area contributed by atoms with Crippen LogP contribution in [-0.2, 0) is 0 Å². The van der Waals surface area contributed by atoms with Gasteiger partial charge in [-0.05, 0) is 42.7 Å². The summed E-state index contributed by atoms with van der Waals surface area (Å²) >= 11 is 1.39. The number of anilines is 1. The lowest BCUT2D eigenvalue weighted by atomic mass is 10.1. The Morgan fingerprint density at radius 3 is 2.33 bits per heavy atom. The molecule has 0 bridgehead atoms. The van der Waals surface area contributed by atoms with Gasteiger partial charge in [-0.25, -0.2) is 4.99 Å². The Labute approximate surface area is 163 Å². The van der Waals surface area contributed by atoms with Crippen LogP contribution in [0.4, 0.5) is 11.4 Å². The predicted octanol–water partition coefficient (Wildman–Crippen LogP) is 3.07. The molecule has 1 fully saturated rings. The summed E-state index contributed by atoms with van der Waals surface area (Å²) in [6.07, 6.45) is 3.75. The van der Waals surface area contributed by atoms with Crippen molar-refractivity contribution in [1.82, 2.24) is 10.2 Å². The third-order valence-corrected chi connectivity index (χ3v) is 4.97. The number of carbonyl (C=O) groups is 1. The molecule has 3 rings (SSSR count). The summed E-state index contributed by atoms with van der Waals surface area (Å²) in [4.78, 5) is 21.1. The molecule has 1 amide bonds. The van der Waals surface area contributed by atoms with E-state index in [2.05, 4.69) is 15.2 Å². The van der Waals surface area contributed by atoms with Crippen LogP contribution < -0.4 is 10.2 Å². The number of rotatable bonds is 3. The summed E-state index contributed by atoms with van der Waals surface area (Å²) in [5, 5.41) is 11.8. The molecule has 2 aromatic carbocycles. The Morgan fingerprint density at radius 2 is 1.74 bits per heavy atom. The van der Waals surface area contributed by atoms with Gasteiger partial charge in [0.15, 0.2) is 11.4 Å². The van der Waals surface area contributed by atoms with Crippen LogP contribution in [0.15, 0.2) is 59.6 Å². The molecule has 138 valence electrons. The van der Waals surface area contributed by atoms with Crippen molar-refractivity contribution >= 4 is 34.2 Å². The lowest BCUT2D eigenvalue weighted by Crippen LogP contribution is -2.48. The highest BCUT2D eigenvalue weighted by atomic mass is 32.2. The number of nitriles is 1. The highest BCUT2D eigenvalue weighted by Crippen LogP contribution is 2.22. The fraction of sp³-hybridized carbons (Fsp3) is 0.250. The molecule has 1 aliphatic rings. The number of amidine groups is 1. The van der Waals surface area contributed by atoms with Crippen LogP contribution >= 0.6 is 11.8 Å². The SMILES string of the molecule is CSC(=Nc1ccc(N2CCN(C(=O)c3ccccc3)CC2)cc1)NC#N. The number of piperazine rings is 1. The van der Waals surface area contributed by atoms with Crippen molar-refractivity contribution in [2.24, 2.45) is 4.99 Å². The zero-order chi connectivity index (χ0) is 19.1. The van der Waals surface area contributed by atoms with Crippen LogP contribution in [0, 0.1) is 11.5 Å². The average Bonchev–Trinajstić information content (AvgIpc) is 2.74. The second-order valence-electron chi connectivity index (χ2n) is 6.02. The monoisotopic (exact) mass is 379 g/mol. The second-order valence-corrected chi connectivity index (χ2v) is 6.81. The van der Waals surface area contributed by atoms with Gasteiger partial charge in [-0.2, -0.15) is 5.26 Å². The number of hydrogen-bond donors (Lipinski definition) is 1. The van der Waals surface area contributed by atoms with Gasteiger partial charge in [0, 0.05) is 37.4 Å². The van der Waals surface area contributed by atoms with E-state index in [1.807, 2.05) is 71.9 Å². The van der Waals surface area contributed by atoms with Crippen molar-refractivity contribution in [3.8, 4) is 6.19 Å². The molecule has 0 aromatic heterocycles. The summed E-state index contributed by atoms with van der Waals surface area (Å²) in [5.74, 6) is 0.0922. The largest absolute Gasteiger partial charge is 0.368 e. The third-order valence-electron chi connectivity index (χ3n) is 4.39. The number of nitrogens with one attached hydrogen (secondary N) is 1. The topological polar surface area (TPSA) is 71.7 Å². The Kier molecular flexibility index (Phi) is 6.34. The second kappa shape index (κ2) is 9.10. The number of thioether (sulfide) groups is 1. The first-order valence-corrected chi connectivity index (χ1v) is 9.91. The minimum absolute atomic E-state index is 0.0922. The van der Waals surface area contributed by atoms with Gasteiger partial charge in [0.1, 0.15) is 0 Å². The molecule has 7 heteroatoms. The third kappa shape index (κ3) is 4.80. The Balaban J connectivity index is 1.60. The zero-order valence-corrected chi connectivity index (χ0v) is 15.9. The van der Waals surface area contributed by atoms with E-state index in [0.717, 1.165) is 30.0 Å². The molecule has 6 nitrogen and oxygen atoms in total. The van der Waals surface area contributed by atoms with Crippen molar-refractivity contribution in [2.75, 3.05) is 37.3 Å².